The molecule has 0 radical (unpaired) electrons. The molecule has 1 N–H and O–H groups in total. The van der Waals surface area contributed by atoms with Gasteiger partial charge in [0.2, 0.25) is 0 Å². The lowest BCUT2D eigenvalue weighted by molar-refractivity contribution is 0.104. The largest absolute Gasteiger partial charge is 0.361 e. The Hall–Kier alpha value is -2.68. The molecule has 3 aromatic rings. The van der Waals surface area contributed by atoms with Crippen LogP contribution in [-0.4, -0.2) is 15.8 Å². The SMILES string of the molecule is O=C(C=Cc1c[nH]c2ccccc12)c1ccncc1. The minimum Gasteiger partial charge on any atom is -0.361 e. The standard InChI is InChI=1S/C16H12N2O/c19-16(12-7-9-17-10-8-12)6-5-13-11-18-15-4-2-1-3-14(13)15/h1-11,18H. The summed E-state index contributed by atoms with van der Waals surface area (Å²) in [7, 11) is 0. The van der Waals surface area contributed by atoms with Crippen LogP contribution in [0.2, 0.25) is 0 Å². The molecule has 0 aliphatic heterocycles. The Balaban J connectivity index is 1.89. The molecule has 3 heteroatoms. The Morgan fingerprint density at radius 3 is 2.74 bits per heavy atom. The third kappa shape index (κ3) is 2.31. The molecular formula is C16H12N2O. The lowest BCUT2D eigenvalue weighted by Gasteiger charge is -1.94. The maximum atomic E-state index is 12.0. The predicted octanol–water partition coefficient (Wildman–Crippen LogP) is 3.46. The van der Waals surface area contributed by atoms with Crippen LogP contribution < -0.4 is 0 Å². The monoisotopic (exact) mass is 248 g/mol. The molecule has 92 valence electrons. The van der Waals surface area contributed by atoms with E-state index in [0.29, 0.717) is 5.56 Å². The number of H-pyrrole nitrogens is 1. The number of hydrogen-bond acceptors (Lipinski definition) is 2. The summed E-state index contributed by atoms with van der Waals surface area (Å²) < 4.78 is 0. The van der Waals surface area contributed by atoms with E-state index in [1.54, 1.807) is 30.6 Å². The summed E-state index contributed by atoms with van der Waals surface area (Å²) in [5, 5.41) is 1.11. The number of aromatic amines is 1. The van der Waals surface area contributed by atoms with Crippen molar-refractivity contribution in [3.8, 4) is 0 Å². The number of para-hydroxylation sites is 1. The van der Waals surface area contributed by atoms with E-state index in [-0.39, 0.29) is 5.78 Å². The average Bonchev–Trinajstić information content (AvgIpc) is 2.89. The van der Waals surface area contributed by atoms with Crippen LogP contribution in [0.5, 0.6) is 0 Å². The first-order valence-corrected chi connectivity index (χ1v) is 6.03. The van der Waals surface area contributed by atoms with Crippen LogP contribution >= 0.6 is 0 Å². The number of nitrogens with zero attached hydrogens (tertiary/aromatic N) is 1. The number of carbonyl (C=O) groups is 1. The van der Waals surface area contributed by atoms with Crippen molar-refractivity contribution >= 4 is 22.8 Å². The summed E-state index contributed by atoms with van der Waals surface area (Å²) in [6.45, 7) is 0. The van der Waals surface area contributed by atoms with E-state index in [1.165, 1.54) is 0 Å². The first-order chi connectivity index (χ1) is 9.34. The number of ketones is 1. The Bertz CT molecular complexity index is 742. The molecule has 0 fully saturated rings. The molecule has 0 aliphatic carbocycles. The number of aromatic nitrogens is 2. The molecule has 1 aromatic carbocycles. The fraction of sp³-hybridized carbons (Fsp3) is 0. The van der Waals surface area contributed by atoms with Gasteiger partial charge in [-0.2, -0.15) is 0 Å². The second kappa shape index (κ2) is 4.90. The predicted molar refractivity (Wildman–Crippen MR) is 75.9 cm³/mol. The van der Waals surface area contributed by atoms with Gasteiger partial charge >= 0.3 is 0 Å². The van der Waals surface area contributed by atoms with Gasteiger partial charge in [0, 0.05) is 35.1 Å². The van der Waals surface area contributed by atoms with Gasteiger partial charge in [-0.3, -0.25) is 9.78 Å². The fourth-order valence-corrected chi connectivity index (χ4v) is 2.01. The minimum absolute atomic E-state index is 0.0207. The quantitative estimate of drug-likeness (QED) is 0.570. The van der Waals surface area contributed by atoms with Crippen LogP contribution in [0.3, 0.4) is 0 Å². The number of rotatable bonds is 3. The number of hydrogen-bond donors (Lipinski definition) is 1. The Morgan fingerprint density at radius 1 is 1.11 bits per heavy atom. The summed E-state index contributed by atoms with van der Waals surface area (Å²) in [6.07, 6.45) is 8.56. The Morgan fingerprint density at radius 2 is 1.89 bits per heavy atom. The Kier molecular flexibility index (Phi) is 2.94. The van der Waals surface area contributed by atoms with Crippen molar-refractivity contribution in [2.24, 2.45) is 0 Å². The van der Waals surface area contributed by atoms with E-state index in [4.69, 9.17) is 0 Å². The smallest absolute Gasteiger partial charge is 0.185 e. The zero-order valence-electron chi connectivity index (χ0n) is 10.2. The molecule has 2 aromatic heterocycles. The van der Waals surface area contributed by atoms with Gasteiger partial charge in [-0.1, -0.05) is 18.2 Å². The Labute approximate surface area is 110 Å². The van der Waals surface area contributed by atoms with E-state index >= 15 is 0 Å². The molecule has 0 unspecified atom stereocenters. The van der Waals surface area contributed by atoms with Gasteiger partial charge in [-0.15, -0.1) is 0 Å². The van der Waals surface area contributed by atoms with E-state index in [2.05, 4.69) is 9.97 Å². The molecular weight excluding hydrogens is 236 g/mol. The van der Waals surface area contributed by atoms with Crippen LogP contribution in [0.4, 0.5) is 0 Å². The highest BCUT2D eigenvalue weighted by molar-refractivity contribution is 6.07. The van der Waals surface area contributed by atoms with Crippen molar-refractivity contribution in [2.75, 3.05) is 0 Å². The van der Waals surface area contributed by atoms with E-state index in [0.717, 1.165) is 16.5 Å². The third-order valence-electron chi connectivity index (χ3n) is 3.00. The molecule has 0 spiro atoms. The number of allylic oxidation sites excluding steroid dienone is 1. The second-order valence-electron chi connectivity index (χ2n) is 4.22. The highest BCUT2D eigenvalue weighted by atomic mass is 16.1. The van der Waals surface area contributed by atoms with Gasteiger partial charge in [0.15, 0.2) is 5.78 Å². The lowest BCUT2D eigenvalue weighted by Crippen LogP contribution is -1.93. The molecule has 0 saturated heterocycles. The minimum atomic E-state index is -0.0207. The molecule has 0 bridgehead atoms. The van der Waals surface area contributed by atoms with E-state index < -0.39 is 0 Å². The lowest BCUT2D eigenvalue weighted by atomic mass is 10.1. The number of benzene rings is 1. The van der Waals surface area contributed by atoms with Gasteiger partial charge in [0.05, 0.1) is 0 Å². The van der Waals surface area contributed by atoms with Crippen LogP contribution in [0.25, 0.3) is 17.0 Å². The number of carbonyl (C=O) groups excluding carboxylic acids is 1. The first-order valence-electron chi connectivity index (χ1n) is 6.03. The molecule has 2 heterocycles. The summed E-state index contributed by atoms with van der Waals surface area (Å²) in [4.78, 5) is 19.0. The summed E-state index contributed by atoms with van der Waals surface area (Å²) >= 11 is 0. The van der Waals surface area contributed by atoms with Crippen LogP contribution in [0.15, 0.2) is 61.1 Å². The fourth-order valence-electron chi connectivity index (χ4n) is 2.01. The maximum Gasteiger partial charge on any atom is 0.185 e. The molecule has 0 aliphatic rings. The van der Waals surface area contributed by atoms with Gasteiger partial charge in [0.25, 0.3) is 0 Å². The molecule has 0 amide bonds. The zero-order valence-corrected chi connectivity index (χ0v) is 10.2. The van der Waals surface area contributed by atoms with Crippen LogP contribution in [0.1, 0.15) is 15.9 Å². The molecule has 3 nitrogen and oxygen atoms in total. The normalized spacial score (nSPS) is 11.2. The van der Waals surface area contributed by atoms with Crippen molar-refractivity contribution in [3.63, 3.8) is 0 Å². The highest BCUT2D eigenvalue weighted by Crippen LogP contribution is 2.19. The highest BCUT2D eigenvalue weighted by Gasteiger charge is 2.02. The van der Waals surface area contributed by atoms with Gasteiger partial charge in [0.1, 0.15) is 0 Å². The van der Waals surface area contributed by atoms with Crippen LogP contribution in [0, 0.1) is 0 Å². The molecule has 19 heavy (non-hydrogen) atoms. The molecule has 0 atom stereocenters. The van der Waals surface area contributed by atoms with Crippen molar-refractivity contribution in [3.05, 3.63) is 72.2 Å². The van der Waals surface area contributed by atoms with Crippen molar-refractivity contribution in [1.82, 2.24) is 9.97 Å². The molecule has 0 saturated carbocycles. The topological polar surface area (TPSA) is 45.8 Å². The summed E-state index contributed by atoms with van der Waals surface area (Å²) in [5.41, 5.74) is 2.72. The maximum absolute atomic E-state index is 12.0. The van der Waals surface area contributed by atoms with Gasteiger partial charge in [-0.05, 0) is 35.9 Å². The summed E-state index contributed by atoms with van der Waals surface area (Å²) in [5.74, 6) is -0.0207. The number of fused-ring (bicyclic) bond motifs is 1. The summed E-state index contributed by atoms with van der Waals surface area (Å²) in [6, 6.07) is 11.4. The van der Waals surface area contributed by atoms with Gasteiger partial charge < -0.3 is 4.98 Å². The van der Waals surface area contributed by atoms with Crippen molar-refractivity contribution < 1.29 is 4.79 Å². The third-order valence-corrected chi connectivity index (χ3v) is 3.00. The van der Waals surface area contributed by atoms with Gasteiger partial charge in [-0.25, -0.2) is 0 Å². The average molecular weight is 248 g/mol. The number of pyridine rings is 1. The van der Waals surface area contributed by atoms with E-state index in [9.17, 15) is 4.79 Å². The van der Waals surface area contributed by atoms with Crippen molar-refractivity contribution in [1.29, 1.82) is 0 Å². The van der Waals surface area contributed by atoms with Crippen molar-refractivity contribution in [2.45, 2.75) is 0 Å². The molecule has 3 rings (SSSR count). The van der Waals surface area contributed by atoms with E-state index in [1.807, 2.05) is 36.5 Å². The first kappa shape index (κ1) is 11.4. The second-order valence-corrected chi connectivity index (χ2v) is 4.22. The zero-order chi connectivity index (χ0) is 13.1. The number of nitrogens with one attached hydrogen (secondary N) is 1. The van der Waals surface area contributed by atoms with Crippen LogP contribution in [-0.2, 0) is 0 Å².